The molecule has 0 aromatic heterocycles. The largest absolute Gasteiger partial charge is 0.496 e. The van der Waals surface area contributed by atoms with E-state index in [1.165, 1.54) is 12.8 Å². The Balaban J connectivity index is 1.75. The van der Waals surface area contributed by atoms with Crippen molar-refractivity contribution in [2.45, 2.75) is 12.8 Å². The highest BCUT2D eigenvalue weighted by atomic mass is 16.5. The smallest absolute Gasteiger partial charge is 0.251 e. The molecule has 0 bridgehead atoms. The first-order chi connectivity index (χ1) is 13.1. The number of amides is 2. The third-order valence-electron chi connectivity index (χ3n) is 4.83. The molecule has 0 spiro atoms. The van der Waals surface area contributed by atoms with Gasteiger partial charge in [-0.05, 0) is 61.8 Å². The average Bonchev–Trinajstić information content (AvgIpc) is 3.21. The maximum Gasteiger partial charge on any atom is 0.251 e. The molecule has 1 heterocycles. The summed E-state index contributed by atoms with van der Waals surface area (Å²) in [5.41, 5.74) is 7.87. The molecule has 1 saturated heterocycles. The lowest BCUT2D eigenvalue weighted by atomic mass is 9.99. The highest BCUT2D eigenvalue weighted by molar-refractivity contribution is 5.97. The van der Waals surface area contributed by atoms with E-state index in [1.54, 1.807) is 37.4 Å². The van der Waals surface area contributed by atoms with Crippen molar-refractivity contribution in [2.75, 3.05) is 33.3 Å². The van der Waals surface area contributed by atoms with Gasteiger partial charge >= 0.3 is 0 Å². The van der Waals surface area contributed by atoms with E-state index in [0.29, 0.717) is 23.4 Å². The van der Waals surface area contributed by atoms with Crippen molar-refractivity contribution >= 4 is 11.8 Å². The van der Waals surface area contributed by atoms with Gasteiger partial charge in [0, 0.05) is 29.8 Å². The molecule has 0 atom stereocenters. The fraction of sp³-hybridized carbons (Fsp3) is 0.333. The molecule has 2 aromatic rings. The van der Waals surface area contributed by atoms with E-state index in [1.807, 2.05) is 12.1 Å². The van der Waals surface area contributed by atoms with Crippen LogP contribution in [0.3, 0.4) is 0 Å². The lowest BCUT2D eigenvalue weighted by Crippen LogP contribution is -2.33. The molecule has 6 heteroatoms. The number of carbonyl (C=O) groups is 2. The van der Waals surface area contributed by atoms with Crippen molar-refractivity contribution in [1.82, 2.24) is 10.2 Å². The van der Waals surface area contributed by atoms with Gasteiger partial charge in [0.25, 0.3) is 5.91 Å². The number of likely N-dealkylation sites (tertiary alicyclic amines) is 1. The predicted octanol–water partition coefficient (Wildman–Crippen LogP) is 2.29. The Labute approximate surface area is 159 Å². The van der Waals surface area contributed by atoms with Gasteiger partial charge in [0.15, 0.2) is 0 Å². The van der Waals surface area contributed by atoms with Crippen LogP contribution in [0.25, 0.3) is 11.1 Å². The fourth-order valence-corrected chi connectivity index (χ4v) is 3.35. The standard InChI is InChI=1S/C21H25N3O3/c1-27-19-8-7-16(20(22)25)14-18(19)15-5-4-6-17(13-15)21(26)23-9-12-24-10-2-3-11-24/h4-8,13-14H,2-3,9-12H2,1H3,(H2,22,25)(H,23,26). The zero-order valence-corrected chi connectivity index (χ0v) is 15.5. The van der Waals surface area contributed by atoms with Crippen molar-refractivity contribution in [2.24, 2.45) is 5.73 Å². The number of methoxy groups -OCH3 is 1. The molecule has 6 nitrogen and oxygen atoms in total. The van der Waals surface area contributed by atoms with E-state index in [2.05, 4.69) is 10.2 Å². The minimum absolute atomic E-state index is 0.110. The number of benzene rings is 2. The van der Waals surface area contributed by atoms with Crippen molar-refractivity contribution in [3.63, 3.8) is 0 Å². The minimum Gasteiger partial charge on any atom is -0.496 e. The van der Waals surface area contributed by atoms with Gasteiger partial charge in [-0.1, -0.05) is 12.1 Å². The summed E-state index contributed by atoms with van der Waals surface area (Å²) in [4.78, 5) is 26.4. The maximum atomic E-state index is 12.5. The molecule has 0 saturated carbocycles. The zero-order chi connectivity index (χ0) is 19.2. The summed E-state index contributed by atoms with van der Waals surface area (Å²) in [6.07, 6.45) is 2.48. The van der Waals surface area contributed by atoms with Crippen LogP contribution < -0.4 is 15.8 Å². The summed E-state index contributed by atoms with van der Waals surface area (Å²) in [6.45, 7) is 3.73. The van der Waals surface area contributed by atoms with Gasteiger partial charge in [0.2, 0.25) is 5.91 Å². The van der Waals surface area contributed by atoms with Crippen LogP contribution in [0.2, 0.25) is 0 Å². The van der Waals surface area contributed by atoms with E-state index < -0.39 is 5.91 Å². The average molecular weight is 367 g/mol. The van der Waals surface area contributed by atoms with Gasteiger partial charge in [-0.15, -0.1) is 0 Å². The van der Waals surface area contributed by atoms with Crippen LogP contribution in [0.15, 0.2) is 42.5 Å². The second kappa shape index (κ2) is 8.68. The molecule has 1 fully saturated rings. The number of nitrogens with two attached hydrogens (primary N) is 1. The van der Waals surface area contributed by atoms with E-state index in [4.69, 9.17) is 10.5 Å². The molecule has 3 N–H and O–H groups in total. The lowest BCUT2D eigenvalue weighted by molar-refractivity contribution is 0.0948. The molecular formula is C21H25N3O3. The number of carbonyl (C=O) groups excluding carboxylic acids is 2. The first kappa shape index (κ1) is 18.9. The van der Waals surface area contributed by atoms with Crippen molar-refractivity contribution in [1.29, 1.82) is 0 Å². The zero-order valence-electron chi connectivity index (χ0n) is 15.5. The monoisotopic (exact) mass is 367 g/mol. The fourth-order valence-electron chi connectivity index (χ4n) is 3.35. The first-order valence-electron chi connectivity index (χ1n) is 9.17. The summed E-state index contributed by atoms with van der Waals surface area (Å²) >= 11 is 0. The number of nitrogens with one attached hydrogen (secondary N) is 1. The normalized spacial score (nSPS) is 14.1. The van der Waals surface area contributed by atoms with Gasteiger partial charge in [0.1, 0.15) is 5.75 Å². The van der Waals surface area contributed by atoms with E-state index in [-0.39, 0.29) is 5.91 Å². The summed E-state index contributed by atoms with van der Waals surface area (Å²) < 4.78 is 5.40. The van der Waals surface area contributed by atoms with Crippen LogP contribution in [0.1, 0.15) is 33.6 Å². The molecular weight excluding hydrogens is 342 g/mol. The van der Waals surface area contributed by atoms with Crippen LogP contribution in [-0.4, -0.2) is 50.0 Å². The molecule has 3 rings (SSSR count). The number of hydrogen-bond acceptors (Lipinski definition) is 4. The third-order valence-corrected chi connectivity index (χ3v) is 4.83. The molecule has 0 radical (unpaired) electrons. The quantitative estimate of drug-likeness (QED) is 0.786. The van der Waals surface area contributed by atoms with Crippen LogP contribution in [0, 0.1) is 0 Å². The SMILES string of the molecule is COc1ccc(C(N)=O)cc1-c1cccc(C(=O)NCCN2CCCC2)c1. The van der Waals surface area contributed by atoms with Crippen LogP contribution >= 0.6 is 0 Å². The Morgan fingerprint density at radius 1 is 1.11 bits per heavy atom. The first-order valence-corrected chi connectivity index (χ1v) is 9.17. The van der Waals surface area contributed by atoms with Crippen molar-refractivity contribution in [3.8, 4) is 16.9 Å². The molecule has 0 unspecified atom stereocenters. The Kier molecular flexibility index (Phi) is 6.08. The second-order valence-corrected chi connectivity index (χ2v) is 6.66. The molecule has 27 heavy (non-hydrogen) atoms. The Hall–Kier alpha value is -2.86. The number of nitrogens with zero attached hydrogens (tertiary/aromatic N) is 1. The Bertz CT molecular complexity index is 829. The summed E-state index contributed by atoms with van der Waals surface area (Å²) in [6, 6.07) is 12.3. The molecule has 0 aliphatic carbocycles. The molecule has 1 aliphatic heterocycles. The van der Waals surface area contributed by atoms with E-state index >= 15 is 0 Å². The minimum atomic E-state index is -0.505. The molecule has 1 aliphatic rings. The third kappa shape index (κ3) is 4.65. The molecule has 2 aromatic carbocycles. The molecule has 142 valence electrons. The second-order valence-electron chi connectivity index (χ2n) is 6.66. The van der Waals surface area contributed by atoms with E-state index in [9.17, 15) is 9.59 Å². The van der Waals surface area contributed by atoms with Crippen molar-refractivity contribution in [3.05, 3.63) is 53.6 Å². The Morgan fingerprint density at radius 2 is 1.89 bits per heavy atom. The van der Waals surface area contributed by atoms with Crippen LogP contribution in [0.4, 0.5) is 0 Å². The number of hydrogen-bond donors (Lipinski definition) is 2. The predicted molar refractivity (Wildman–Crippen MR) is 105 cm³/mol. The van der Waals surface area contributed by atoms with Gasteiger partial charge in [0.05, 0.1) is 7.11 Å². The van der Waals surface area contributed by atoms with Gasteiger partial charge in [-0.2, -0.15) is 0 Å². The number of primary amides is 1. The Morgan fingerprint density at radius 3 is 2.59 bits per heavy atom. The van der Waals surface area contributed by atoms with Crippen molar-refractivity contribution < 1.29 is 14.3 Å². The van der Waals surface area contributed by atoms with Crippen LogP contribution in [-0.2, 0) is 0 Å². The summed E-state index contributed by atoms with van der Waals surface area (Å²) in [5.74, 6) is 0.00220. The topological polar surface area (TPSA) is 84.7 Å². The molecule has 2 amide bonds. The van der Waals surface area contributed by atoms with Gasteiger partial charge < -0.3 is 20.7 Å². The van der Waals surface area contributed by atoms with Gasteiger partial charge in [-0.3, -0.25) is 9.59 Å². The highest BCUT2D eigenvalue weighted by Gasteiger charge is 2.14. The summed E-state index contributed by atoms with van der Waals surface area (Å²) in [7, 11) is 1.57. The van der Waals surface area contributed by atoms with Crippen LogP contribution in [0.5, 0.6) is 5.75 Å². The summed E-state index contributed by atoms with van der Waals surface area (Å²) in [5, 5.41) is 2.98. The number of ether oxygens (including phenoxy) is 1. The van der Waals surface area contributed by atoms with Gasteiger partial charge in [-0.25, -0.2) is 0 Å². The highest BCUT2D eigenvalue weighted by Crippen LogP contribution is 2.31. The van der Waals surface area contributed by atoms with E-state index in [0.717, 1.165) is 30.8 Å². The number of rotatable bonds is 7. The maximum absolute atomic E-state index is 12.5. The lowest BCUT2D eigenvalue weighted by Gasteiger charge is -2.15.